The number of pyridine rings is 1. The highest BCUT2D eigenvalue weighted by molar-refractivity contribution is 5.72. The molecule has 0 saturated heterocycles. The van der Waals surface area contributed by atoms with Gasteiger partial charge in [-0.05, 0) is 48.0 Å². The zero-order valence-electron chi connectivity index (χ0n) is 15.0. The van der Waals surface area contributed by atoms with Gasteiger partial charge in [-0.1, -0.05) is 17.3 Å². The topological polar surface area (TPSA) is 62.1 Å². The van der Waals surface area contributed by atoms with Gasteiger partial charge in [0, 0.05) is 23.5 Å². The Morgan fingerprint density at radius 3 is 2.44 bits per heavy atom. The lowest BCUT2D eigenvalue weighted by Gasteiger charge is -2.11. The predicted octanol–water partition coefficient (Wildman–Crippen LogP) is 4.01. The molecule has 0 atom stereocenters. The molecule has 0 amide bonds. The van der Waals surface area contributed by atoms with Gasteiger partial charge in [-0.25, -0.2) is 4.68 Å². The summed E-state index contributed by atoms with van der Waals surface area (Å²) in [6.07, 6.45) is 5.39. The normalized spacial score (nSPS) is 10.6. The van der Waals surface area contributed by atoms with Crippen LogP contribution in [0.5, 0.6) is 11.5 Å². The molecule has 0 unspecified atom stereocenters. The van der Waals surface area contributed by atoms with Crippen molar-refractivity contribution in [1.29, 1.82) is 0 Å². The van der Waals surface area contributed by atoms with Crippen LogP contribution in [0.25, 0.3) is 28.1 Å². The van der Waals surface area contributed by atoms with E-state index in [1.54, 1.807) is 31.3 Å². The molecule has 0 aliphatic carbocycles. The molecule has 0 aliphatic heterocycles. The molecule has 2 aromatic heterocycles. The van der Waals surface area contributed by atoms with Crippen molar-refractivity contribution < 1.29 is 9.47 Å². The Bertz CT molecular complexity index is 1040. The largest absolute Gasteiger partial charge is 0.497 e. The Morgan fingerprint density at radius 2 is 1.74 bits per heavy atom. The molecule has 0 bridgehead atoms. The summed E-state index contributed by atoms with van der Waals surface area (Å²) in [7, 11) is 3.31. The first kappa shape index (κ1) is 16.8. The molecule has 134 valence electrons. The van der Waals surface area contributed by atoms with Gasteiger partial charge in [-0.3, -0.25) is 4.98 Å². The maximum atomic E-state index is 5.48. The minimum absolute atomic E-state index is 0.779. The Labute approximate surface area is 157 Å². The number of hydrogen-bond donors (Lipinski definition) is 0. The van der Waals surface area contributed by atoms with Crippen LogP contribution >= 0.6 is 0 Å². The molecule has 27 heavy (non-hydrogen) atoms. The van der Waals surface area contributed by atoms with Crippen molar-refractivity contribution >= 4 is 0 Å². The van der Waals surface area contributed by atoms with E-state index in [2.05, 4.69) is 15.3 Å². The smallest absolute Gasteiger partial charge is 0.126 e. The second-order valence-electron chi connectivity index (χ2n) is 5.90. The Balaban J connectivity index is 1.65. The quantitative estimate of drug-likeness (QED) is 0.539. The van der Waals surface area contributed by atoms with Crippen LogP contribution in [0, 0.1) is 0 Å². The molecule has 6 nitrogen and oxygen atoms in total. The van der Waals surface area contributed by atoms with Crippen LogP contribution in [-0.2, 0) is 0 Å². The summed E-state index contributed by atoms with van der Waals surface area (Å²) in [5, 5.41) is 8.45. The summed E-state index contributed by atoms with van der Waals surface area (Å²) >= 11 is 0. The Morgan fingerprint density at radius 1 is 0.889 bits per heavy atom. The molecule has 0 aliphatic rings. The number of benzene rings is 2. The van der Waals surface area contributed by atoms with Crippen LogP contribution in [0.2, 0.25) is 0 Å². The highest BCUT2D eigenvalue weighted by atomic mass is 16.5. The van der Waals surface area contributed by atoms with Crippen molar-refractivity contribution in [2.75, 3.05) is 14.2 Å². The number of ether oxygens (including phenoxy) is 2. The molecule has 4 aromatic rings. The van der Waals surface area contributed by atoms with Crippen molar-refractivity contribution in [1.82, 2.24) is 20.0 Å². The van der Waals surface area contributed by atoms with Crippen LogP contribution in [0.4, 0.5) is 0 Å². The zero-order valence-corrected chi connectivity index (χ0v) is 15.0. The Hall–Kier alpha value is -3.67. The predicted molar refractivity (Wildman–Crippen MR) is 103 cm³/mol. The van der Waals surface area contributed by atoms with Gasteiger partial charge in [0.1, 0.15) is 17.2 Å². The summed E-state index contributed by atoms with van der Waals surface area (Å²) in [5.74, 6) is 1.58. The molecule has 4 rings (SSSR count). The standard InChI is InChI=1S/C21H18N4O2/c1-26-18-9-10-21(27-2)19(12-18)15-5-7-17(8-6-15)25-14-20(23-24-25)16-4-3-11-22-13-16/h3-14H,1-2H3. The monoisotopic (exact) mass is 358 g/mol. The summed E-state index contributed by atoms with van der Waals surface area (Å²) in [6, 6.07) is 17.6. The number of aromatic nitrogens is 4. The Kier molecular flexibility index (Phi) is 4.53. The third-order valence-electron chi connectivity index (χ3n) is 4.30. The highest BCUT2D eigenvalue weighted by Crippen LogP contribution is 2.33. The first-order valence-electron chi connectivity index (χ1n) is 8.44. The summed E-state index contributed by atoms with van der Waals surface area (Å²) in [5.41, 5.74) is 4.63. The first-order valence-corrected chi connectivity index (χ1v) is 8.44. The SMILES string of the molecule is COc1ccc(OC)c(-c2ccc(-n3cc(-c4cccnc4)nn3)cc2)c1. The average molecular weight is 358 g/mol. The fraction of sp³-hybridized carbons (Fsp3) is 0.0952. The molecule has 0 saturated carbocycles. The number of rotatable bonds is 5. The van der Waals surface area contributed by atoms with Crippen LogP contribution < -0.4 is 9.47 Å². The zero-order chi connectivity index (χ0) is 18.6. The summed E-state index contributed by atoms with van der Waals surface area (Å²) in [4.78, 5) is 4.12. The molecule has 0 spiro atoms. The summed E-state index contributed by atoms with van der Waals surface area (Å²) < 4.78 is 12.6. The number of hydrogen-bond acceptors (Lipinski definition) is 5. The van der Waals surface area contributed by atoms with E-state index in [0.29, 0.717) is 0 Å². The van der Waals surface area contributed by atoms with E-state index in [9.17, 15) is 0 Å². The van der Waals surface area contributed by atoms with Gasteiger partial charge in [0.05, 0.1) is 26.1 Å². The van der Waals surface area contributed by atoms with E-state index >= 15 is 0 Å². The molecular formula is C21H18N4O2. The van der Waals surface area contributed by atoms with Crippen LogP contribution in [0.1, 0.15) is 0 Å². The van der Waals surface area contributed by atoms with Crippen LogP contribution in [0.15, 0.2) is 73.2 Å². The van der Waals surface area contributed by atoms with Gasteiger partial charge in [-0.2, -0.15) is 0 Å². The lowest BCUT2D eigenvalue weighted by Crippen LogP contribution is -1.95. The minimum atomic E-state index is 0.779. The van der Waals surface area contributed by atoms with Crippen molar-refractivity contribution in [3.8, 4) is 39.6 Å². The molecule has 0 fully saturated rings. The van der Waals surface area contributed by atoms with Gasteiger partial charge < -0.3 is 9.47 Å². The van der Waals surface area contributed by atoms with Gasteiger partial charge in [0.2, 0.25) is 0 Å². The maximum absolute atomic E-state index is 5.48. The lowest BCUT2D eigenvalue weighted by atomic mass is 10.0. The number of methoxy groups -OCH3 is 2. The van der Waals surface area contributed by atoms with E-state index in [0.717, 1.165) is 39.6 Å². The molecule has 2 aromatic carbocycles. The average Bonchev–Trinajstić information content (AvgIpc) is 3.24. The van der Waals surface area contributed by atoms with E-state index in [-0.39, 0.29) is 0 Å². The van der Waals surface area contributed by atoms with Gasteiger partial charge >= 0.3 is 0 Å². The minimum Gasteiger partial charge on any atom is -0.497 e. The van der Waals surface area contributed by atoms with Gasteiger partial charge in [0.15, 0.2) is 0 Å². The molecule has 0 radical (unpaired) electrons. The lowest BCUT2D eigenvalue weighted by molar-refractivity contribution is 0.404. The first-order chi connectivity index (χ1) is 13.3. The second-order valence-corrected chi connectivity index (χ2v) is 5.90. The highest BCUT2D eigenvalue weighted by Gasteiger charge is 2.09. The van der Waals surface area contributed by atoms with Crippen molar-refractivity contribution in [3.63, 3.8) is 0 Å². The molecule has 6 heteroatoms. The van der Waals surface area contributed by atoms with Gasteiger partial charge in [-0.15, -0.1) is 5.10 Å². The maximum Gasteiger partial charge on any atom is 0.126 e. The van der Waals surface area contributed by atoms with E-state index in [1.807, 2.05) is 60.8 Å². The van der Waals surface area contributed by atoms with Crippen LogP contribution in [-0.4, -0.2) is 34.2 Å². The third kappa shape index (κ3) is 3.37. The van der Waals surface area contributed by atoms with Crippen LogP contribution in [0.3, 0.4) is 0 Å². The van der Waals surface area contributed by atoms with E-state index in [4.69, 9.17) is 9.47 Å². The third-order valence-corrected chi connectivity index (χ3v) is 4.30. The molecule has 0 N–H and O–H groups in total. The molecule has 2 heterocycles. The molecular weight excluding hydrogens is 340 g/mol. The summed E-state index contributed by atoms with van der Waals surface area (Å²) in [6.45, 7) is 0. The van der Waals surface area contributed by atoms with Gasteiger partial charge in [0.25, 0.3) is 0 Å². The van der Waals surface area contributed by atoms with Crippen molar-refractivity contribution in [2.24, 2.45) is 0 Å². The fourth-order valence-electron chi connectivity index (χ4n) is 2.87. The van der Waals surface area contributed by atoms with Crippen molar-refractivity contribution in [2.45, 2.75) is 0 Å². The van der Waals surface area contributed by atoms with E-state index in [1.165, 1.54) is 0 Å². The second kappa shape index (κ2) is 7.29. The van der Waals surface area contributed by atoms with E-state index < -0.39 is 0 Å². The fourth-order valence-corrected chi connectivity index (χ4v) is 2.87. The number of nitrogens with zero attached hydrogens (tertiary/aromatic N) is 4. The van der Waals surface area contributed by atoms with Crippen molar-refractivity contribution in [3.05, 3.63) is 73.2 Å².